The highest BCUT2D eigenvalue weighted by Crippen LogP contribution is 2.20. The summed E-state index contributed by atoms with van der Waals surface area (Å²) in [5, 5.41) is 15.9. The molecule has 0 spiro atoms. The molecule has 1 atom stereocenters. The molecule has 41 heavy (non-hydrogen) atoms. The van der Waals surface area contributed by atoms with Crippen molar-refractivity contribution in [2.45, 2.75) is 44.6 Å². The molecule has 1 aliphatic heterocycles. The van der Waals surface area contributed by atoms with Crippen LogP contribution in [0.15, 0.2) is 66.7 Å². The number of carbonyl (C=O) groups is 2. The summed E-state index contributed by atoms with van der Waals surface area (Å²) in [5.74, 6) is 0.852. The first-order valence-corrected chi connectivity index (χ1v) is 14.3. The highest BCUT2D eigenvalue weighted by atomic mass is 16.5. The maximum atomic E-state index is 12.8. The van der Waals surface area contributed by atoms with E-state index in [-0.39, 0.29) is 6.42 Å². The molecule has 1 aliphatic rings. The van der Waals surface area contributed by atoms with Gasteiger partial charge in [-0.25, -0.2) is 9.78 Å². The Bertz CT molecular complexity index is 1270. The van der Waals surface area contributed by atoms with Gasteiger partial charge in [0.1, 0.15) is 30.0 Å². The molecule has 4 rings (SSSR count). The Morgan fingerprint density at radius 2 is 1.85 bits per heavy atom. The second-order valence-electron chi connectivity index (χ2n) is 10.2. The Labute approximate surface area is 241 Å². The van der Waals surface area contributed by atoms with Gasteiger partial charge in [-0.3, -0.25) is 9.69 Å². The van der Waals surface area contributed by atoms with E-state index in [0.29, 0.717) is 31.0 Å². The molecule has 0 saturated carbocycles. The van der Waals surface area contributed by atoms with Crippen LogP contribution in [0.1, 0.15) is 47.3 Å². The SMILES string of the molecule is COc1cccc(C(=O)NC(CCN(CCCCc2ccc3c(n2)NCCC3)CCOc2ccccc2)C(=O)O)c1. The number of aliphatic carboxylic acids is 1. The molecule has 2 heterocycles. The monoisotopic (exact) mass is 560 g/mol. The first kappa shape index (κ1) is 29.9. The zero-order chi connectivity index (χ0) is 28.9. The van der Waals surface area contributed by atoms with Crippen LogP contribution in [0, 0.1) is 0 Å². The summed E-state index contributed by atoms with van der Waals surface area (Å²) in [4.78, 5) is 31.8. The number of carboxylic acids is 1. The minimum Gasteiger partial charge on any atom is -0.497 e. The van der Waals surface area contributed by atoms with Crippen molar-refractivity contribution >= 4 is 17.7 Å². The number of nitrogens with one attached hydrogen (secondary N) is 2. The molecule has 0 fully saturated rings. The molecular formula is C32H40N4O5. The number of anilines is 1. The van der Waals surface area contributed by atoms with Crippen LogP contribution in [0.5, 0.6) is 11.5 Å². The fraction of sp³-hybridized carbons (Fsp3) is 0.406. The molecular weight excluding hydrogens is 520 g/mol. The lowest BCUT2D eigenvalue weighted by molar-refractivity contribution is -0.139. The number of pyridine rings is 1. The van der Waals surface area contributed by atoms with Gasteiger partial charge in [0, 0.05) is 30.9 Å². The van der Waals surface area contributed by atoms with Crippen molar-refractivity contribution in [2.24, 2.45) is 0 Å². The van der Waals surface area contributed by atoms with E-state index in [9.17, 15) is 14.7 Å². The number of aryl methyl sites for hydroxylation is 2. The number of hydrogen-bond acceptors (Lipinski definition) is 7. The van der Waals surface area contributed by atoms with E-state index in [1.807, 2.05) is 30.3 Å². The van der Waals surface area contributed by atoms with Gasteiger partial charge in [0.25, 0.3) is 5.91 Å². The number of para-hydroxylation sites is 1. The Balaban J connectivity index is 1.30. The number of unbranched alkanes of at least 4 members (excludes halogenated alkanes) is 1. The maximum Gasteiger partial charge on any atom is 0.326 e. The summed E-state index contributed by atoms with van der Waals surface area (Å²) < 4.78 is 11.1. The molecule has 1 aromatic heterocycles. The van der Waals surface area contributed by atoms with Gasteiger partial charge in [0.15, 0.2) is 0 Å². The summed E-state index contributed by atoms with van der Waals surface area (Å²) in [6.45, 7) is 3.40. The van der Waals surface area contributed by atoms with Gasteiger partial charge >= 0.3 is 5.97 Å². The van der Waals surface area contributed by atoms with Crippen LogP contribution in [0.3, 0.4) is 0 Å². The molecule has 218 valence electrons. The number of carboxylic acid groups (broad SMARTS) is 1. The van der Waals surface area contributed by atoms with Crippen LogP contribution >= 0.6 is 0 Å². The molecule has 3 aromatic rings. The van der Waals surface area contributed by atoms with E-state index in [1.165, 1.54) is 12.7 Å². The molecule has 2 aromatic carbocycles. The van der Waals surface area contributed by atoms with E-state index in [0.717, 1.165) is 62.5 Å². The summed E-state index contributed by atoms with van der Waals surface area (Å²) in [7, 11) is 1.52. The van der Waals surface area contributed by atoms with Crippen molar-refractivity contribution in [2.75, 3.05) is 45.2 Å². The van der Waals surface area contributed by atoms with Crippen molar-refractivity contribution in [3.8, 4) is 11.5 Å². The largest absolute Gasteiger partial charge is 0.497 e. The van der Waals surface area contributed by atoms with Crippen LogP contribution in [-0.4, -0.2) is 72.8 Å². The number of methoxy groups -OCH3 is 1. The molecule has 1 amide bonds. The molecule has 9 nitrogen and oxygen atoms in total. The summed E-state index contributed by atoms with van der Waals surface area (Å²) >= 11 is 0. The Morgan fingerprint density at radius 1 is 1.02 bits per heavy atom. The fourth-order valence-electron chi connectivity index (χ4n) is 4.87. The third-order valence-electron chi connectivity index (χ3n) is 7.20. The second-order valence-corrected chi connectivity index (χ2v) is 10.2. The Hall–Kier alpha value is -4.11. The topological polar surface area (TPSA) is 113 Å². The van der Waals surface area contributed by atoms with Gasteiger partial charge in [-0.2, -0.15) is 0 Å². The third kappa shape index (κ3) is 9.49. The molecule has 0 saturated heterocycles. The summed E-state index contributed by atoms with van der Waals surface area (Å²) in [5.41, 5.74) is 2.73. The third-order valence-corrected chi connectivity index (χ3v) is 7.20. The van der Waals surface area contributed by atoms with Crippen molar-refractivity contribution < 1.29 is 24.2 Å². The van der Waals surface area contributed by atoms with E-state index < -0.39 is 17.9 Å². The molecule has 9 heteroatoms. The van der Waals surface area contributed by atoms with Crippen LogP contribution in [0.4, 0.5) is 5.82 Å². The predicted octanol–water partition coefficient (Wildman–Crippen LogP) is 4.43. The van der Waals surface area contributed by atoms with E-state index >= 15 is 0 Å². The van der Waals surface area contributed by atoms with Crippen LogP contribution in [-0.2, 0) is 17.6 Å². The number of amides is 1. The van der Waals surface area contributed by atoms with Crippen molar-refractivity contribution in [3.05, 3.63) is 83.6 Å². The first-order valence-electron chi connectivity index (χ1n) is 14.3. The van der Waals surface area contributed by atoms with Crippen LogP contribution < -0.4 is 20.1 Å². The quantitative estimate of drug-likeness (QED) is 0.221. The number of benzene rings is 2. The van der Waals surface area contributed by atoms with E-state index in [4.69, 9.17) is 14.5 Å². The Kier molecular flexibility index (Phi) is 11.4. The fourth-order valence-corrected chi connectivity index (χ4v) is 4.87. The maximum absolute atomic E-state index is 12.8. The van der Waals surface area contributed by atoms with Crippen LogP contribution in [0.25, 0.3) is 0 Å². The average Bonchev–Trinajstić information content (AvgIpc) is 3.01. The summed E-state index contributed by atoms with van der Waals surface area (Å²) in [6.07, 6.45) is 5.28. The number of nitrogens with zero attached hydrogens (tertiary/aromatic N) is 2. The smallest absolute Gasteiger partial charge is 0.326 e. The predicted molar refractivity (Wildman–Crippen MR) is 159 cm³/mol. The average molecular weight is 561 g/mol. The van der Waals surface area contributed by atoms with E-state index in [2.05, 4.69) is 27.7 Å². The van der Waals surface area contributed by atoms with Gasteiger partial charge in [0.05, 0.1) is 7.11 Å². The molecule has 3 N–H and O–H groups in total. The van der Waals surface area contributed by atoms with Gasteiger partial charge in [0.2, 0.25) is 0 Å². The van der Waals surface area contributed by atoms with Crippen molar-refractivity contribution in [1.82, 2.24) is 15.2 Å². The highest BCUT2D eigenvalue weighted by Gasteiger charge is 2.22. The number of rotatable bonds is 16. The second kappa shape index (κ2) is 15.6. The number of aromatic nitrogens is 1. The molecule has 0 aliphatic carbocycles. The lowest BCUT2D eigenvalue weighted by atomic mass is 10.1. The number of carbonyl (C=O) groups excluding carboxylic acids is 1. The minimum absolute atomic E-state index is 0.272. The number of fused-ring (bicyclic) bond motifs is 1. The van der Waals surface area contributed by atoms with Gasteiger partial charge in [-0.05, 0) is 87.0 Å². The van der Waals surface area contributed by atoms with Gasteiger partial charge < -0.3 is 25.2 Å². The Morgan fingerprint density at radius 3 is 2.66 bits per heavy atom. The lowest BCUT2D eigenvalue weighted by Gasteiger charge is -2.24. The number of hydrogen-bond donors (Lipinski definition) is 3. The molecule has 0 bridgehead atoms. The lowest BCUT2D eigenvalue weighted by Crippen LogP contribution is -2.43. The molecule has 1 unspecified atom stereocenters. The van der Waals surface area contributed by atoms with Crippen molar-refractivity contribution in [1.29, 1.82) is 0 Å². The standard InChI is InChI=1S/C32H40N4O5/c1-40-28-14-7-9-25(23-28)31(37)35-29(32(38)39)17-20-36(21-22-41-27-12-3-2-4-13-27)19-6-5-11-26-16-15-24-10-8-18-33-30(24)34-26/h2-4,7,9,12-16,23,29H,5-6,8,10-11,17-22H2,1H3,(H,33,34)(H,35,37)(H,38,39). The zero-order valence-electron chi connectivity index (χ0n) is 23.7. The van der Waals surface area contributed by atoms with Crippen LogP contribution in [0.2, 0.25) is 0 Å². The first-order chi connectivity index (χ1) is 20.0. The van der Waals surface area contributed by atoms with Crippen molar-refractivity contribution in [3.63, 3.8) is 0 Å². The normalized spacial score (nSPS) is 13.1. The zero-order valence-corrected chi connectivity index (χ0v) is 23.7. The van der Waals surface area contributed by atoms with Gasteiger partial charge in [-0.15, -0.1) is 0 Å². The molecule has 0 radical (unpaired) electrons. The number of ether oxygens (including phenoxy) is 2. The highest BCUT2D eigenvalue weighted by molar-refractivity contribution is 5.96. The van der Waals surface area contributed by atoms with E-state index in [1.54, 1.807) is 24.3 Å². The minimum atomic E-state index is -1.06. The summed E-state index contributed by atoms with van der Waals surface area (Å²) in [6, 6.07) is 19.6. The van der Waals surface area contributed by atoms with Gasteiger partial charge in [-0.1, -0.05) is 30.3 Å².